The maximum absolute atomic E-state index is 12.2. The van der Waals surface area contributed by atoms with E-state index in [1.54, 1.807) is 0 Å². The Morgan fingerprint density at radius 3 is 2.78 bits per heavy atom. The zero-order valence-corrected chi connectivity index (χ0v) is 11.7. The molecule has 1 atom stereocenters. The molecule has 98 valence electrons. The standard InChI is InChI=1S/C16H23NO/c1-11(8-12-4-5-12)17-7-6-13-14(17)9-16(2,3)10-15(13)18/h6-7,11-12H,4-5,8-10H2,1-3H3. The average Bonchev–Trinajstić information content (AvgIpc) is 2.94. The van der Waals surface area contributed by atoms with Gasteiger partial charge in [-0.3, -0.25) is 4.79 Å². The van der Waals surface area contributed by atoms with Crippen molar-refractivity contribution in [3.63, 3.8) is 0 Å². The normalized spacial score (nSPS) is 23.8. The smallest absolute Gasteiger partial charge is 0.165 e. The maximum Gasteiger partial charge on any atom is 0.165 e. The van der Waals surface area contributed by atoms with Gasteiger partial charge < -0.3 is 4.57 Å². The number of hydrogen-bond donors (Lipinski definition) is 0. The Kier molecular flexibility index (Phi) is 2.65. The third kappa shape index (κ3) is 2.13. The highest BCUT2D eigenvalue weighted by Gasteiger charge is 2.34. The van der Waals surface area contributed by atoms with Crippen LogP contribution in [0.2, 0.25) is 0 Å². The van der Waals surface area contributed by atoms with Gasteiger partial charge in [-0.15, -0.1) is 0 Å². The third-order valence-corrected chi connectivity index (χ3v) is 4.46. The van der Waals surface area contributed by atoms with Crippen LogP contribution in [0.15, 0.2) is 12.3 Å². The van der Waals surface area contributed by atoms with Crippen molar-refractivity contribution in [2.45, 2.75) is 58.9 Å². The van der Waals surface area contributed by atoms with Gasteiger partial charge in [0.2, 0.25) is 0 Å². The molecule has 0 amide bonds. The van der Waals surface area contributed by atoms with Crippen molar-refractivity contribution in [1.82, 2.24) is 4.57 Å². The summed E-state index contributed by atoms with van der Waals surface area (Å²) in [6.07, 6.45) is 7.94. The molecule has 0 bridgehead atoms. The first kappa shape index (κ1) is 12.0. The Bertz CT molecular complexity index is 479. The van der Waals surface area contributed by atoms with Gasteiger partial charge in [0.15, 0.2) is 5.78 Å². The molecule has 2 nitrogen and oxygen atoms in total. The summed E-state index contributed by atoms with van der Waals surface area (Å²) in [6, 6.07) is 2.58. The van der Waals surface area contributed by atoms with Crippen LogP contribution in [-0.4, -0.2) is 10.4 Å². The number of Topliss-reactive ketones (excluding diaryl/α,β-unsaturated/α-hetero) is 1. The lowest BCUT2D eigenvalue weighted by atomic mass is 9.76. The fourth-order valence-corrected chi connectivity index (χ4v) is 3.33. The van der Waals surface area contributed by atoms with E-state index < -0.39 is 0 Å². The van der Waals surface area contributed by atoms with Gasteiger partial charge in [0.05, 0.1) is 0 Å². The van der Waals surface area contributed by atoms with Crippen LogP contribution in [-0.2, 0) is 6.42 Å². The van der Waals surface area contributed by atoms with Gasteiger partial charge in [0.1, 0.15) is 0 Å². The van der Waals surface area contributed by atoms with Gasteiger partial charge in [0, 0.05) is 29.9 Å². The Balaban J connectivity index is 1.90. The van der Waals surface area contributed by atoms with Gasteiger partial charge in [-0.25, -0.2) is 0 Å². The van der Waals surface area contributed by atoms with E-state index >= 15 is 0 Å². The van der Waals surface area contributed by atoms with Crippen LogP contribution in [0.5, 0.6) is 0 Å². The Hall–Kier alpha value is -1.05. The monoisotopic (exact) mass is 245 g/mol. The summed E-state index contributed by atoms with van der Waals surface area (Å²) in [5.74, 6) is 1.27. The summed E-state index contributed by atoms with van der Waals surface area (Å²) in [4.78, 5) is 12.2. The molecule has 1 heterocycles. The van der Waals surface area contributed by atoms with Crippen LogP contribution in [0.4, 0.5) is 0 Å². The highest BCUT2D eigenvalue weighted by Crippen LogP contribution is 2.40. The van der Waals surface area contributed by atoms with Crippen LogP contribution >= 0.6 is 0 Å². The molecular weight excluding hydrogens is 222 g/mol. The topological polar surface area (TPSA) is 22.0 Å². The van der Waals surface area contributed by atoms with E-state index in [-0.39, 0.29) is 5.41 Å². The van der Waals surface area contributed by atoms with Gasteiger partial charge in [0.25, 0.3) is 0 Å². The SMILES string of the molecule is CC(CC1CC1)n1ccc2c1CC(C)(C)CC2=O. The Morgan fingerprint density at radius 1 is 1.39 bits per heavy atom. The number of nitrogens with zero attached hydrogens (tertiary/aromatic N) is 1. The molecule has 0 aromatic carbocycles. The average molecular weight is 245 g/mol. The number of fused-ring (bicyclic) bond motifs is 1. The summed E-state index contributed by atoms with van der Waals surface area (Å²) in [5.41, 5.74) is 2.39. The second-order valence-electron chi connectivity index (χ2n) is 7.05. The molecule has 1 fully saturated rings. The van der Waals surface area contributed by atoms with Crippen LogP contribution in [0.1, 0.15) is 68.5 Å². The molecule has 3 rings (SSSR count). The van der Waals surface area contributed by atoms with E-state index in [0.29, 0.717) is 18.2 Å². The number of ketones is 1. The Labute approximate surface area is 109 Å². The molecule has 0 aliphatic heterocycles. The van der Waals surface area contributed by atoms with Gasteiger partial charge in [-0.2, -0.15) is 0 Å². The number of hydrogen-bond acceptors (Lipinski definition) is 1. The largest absolute Gasteiger partial charge is 0.348 e. The number of carbonyl (C=O) groups excluding carboxylic acids is 1. The summed E-state index contributed by atoms with van der Waals surface area (Å²) in [7, 11) is 0. The second kappa shape index (κ2) is 3.97. The van der Waals surface area contributed by atoms with E-state index in [9.17, 15) is 4.79 Å². The van der Waals surface area contributed by atoms with Gasteiger partial charge in [-0.1, -0.05) is 26.7 Å². The third-order valence-electron chi connectivity index (χ3n) is 4.46. The lowest BCUT2D eigenvalue weighted by Crippen LogP contribution is -2.28. The molecule has 2 aliphatic carbocycles. The van der Waals surface area contributed by atoms with E-state index in [4.69, 9.17) is 0 Å². The van der Waals surface area contributed by atoms with Crippen molar-refractivity contribution in [3.8, 4) is 0 Å². The molecular formula is C16H23NO. The van der Waals surface area contributed by atoms with Crippen molar-refractivity contribution in [1.29, 1.82) is 0 Å². The molecule has 0 saturated heterocycles. The number of carbonyl (C=O) groups is 1. The summed E-state index contributed by atoms with van der Waals surface area (Å²) in [5, 5.41) is 0. The van der Waals surface area contributed by atoms with Crippen molar-refractivity contribution in [3.05, 3.63) is 23.5 Å². The molecule has 1 aromatic heterocycles. The van der Waals surface area contributed by atoms with Crippen LogP contribution in [0, 0.1) is 11.3 Å². The molecule has 1 saturated carbocycles. The first-order valence-electron chi connectivity index (χ1n) is 7.19. The van der Waals surface area contributed by atoms with Gasteiger partial charge >= 0.3 is 0 Å². The molecule has 1 aromatic rings. The predicted octanol–water partition coefficient (Wildman–Crippen LogP) is 4.00. The van der Waals surface area contributed by atoms with Crippen molar-refractivity contribution >= 4 is 5.78 Å². The van der Waals surface area contributed by atoms with Crippen LogP contribution < -0.4 is 0 Å². The minimum atomic E-state index is 0.124. The Morgan fingerprint density at radius 2 is 2.11 bits per heavy atom. The molecule has 2 heteroatoms. The van der Waals surface area contributed by atoms with Crippen molar-refractivity contribution in [2.75, 3.05) is 0 Å². The molecule has 0 N–H and O–H groups in total. The van der Waals surface area contributed by atoms with Crippen LogP contribution in [0.3, 0.4) is 0 Å². The van der Waals surface area contributed by atoms with Crippen molar-refractivity contribution < 1.29 is 4.79 Å². The van der Waals surface area contributed by atoms with Gasteiger partial charge in [-0.05, 0) is 37.2 Å². The van der Waals surface area contributed by atoms with Crippen LogP contribution in [0.25, 0.3) is 0 Å². The number of rotatable bonds is 3. The molecule has 0 spiro atoms. The fraction of sp³-hybridized carbons (Fsp3) is 0.688. The van der Waals surface area contributed by atoms with Crippen molar-refractivity contribution in [2.24, 2.45) is 11.3 Å². The summed E-state index contributed by atoms with van der Waals surface area (Å²) < 4.78 is 2.37. The molecule has 0 radical (unpaired) electrons. The first-order valence-corrected chi connectivity index (χ1v) is 7.19. The molecule has 18 heavy (non-hydrogen) atoms. The summed E-state index contributed by atoms with van der Waals surface area (Å²) >= 11 is 0. The minimum Gasteiger partial charge on any atom is -0.348 e. The lowest BCUT2D eigenvalue weighted by molar-refractivity contribution is 0.0909. The van der Waals surface area contributed by atoms with E-state index in [1.165, 1.54) is 25.0 Å². The zero-order valence-electron chi connectivity index (χ0n) is 11.7. The first-order chi connectivity index (χ1) is 8.46. The quantitative estimate of drug-likeness (QED) is 0.788. The number of aromatic nitrogens is 1. The molecule has 2 aliphatic rings. The molecule has 1 unspecified atom stereocenters. The minimum absolute atomic E-state index is 0.124. The van der Waals surface area contributed by atoms with E-state index in [0.717, 1.165) is 17.9 Å². The fourth-order valence-electron chi connectivity index (χ4n) is 3.33. The highest BCUT2D eigenvalue weighted by molar-refractivity contribution is 5.98. The van der Waals surface area contributed by atoms with E-state index in [1.807, 2.05) is 6.07 Å². The lowest BCUT2D eigenvalue weighted by Gasteiger charge is -2.31. The zero-order chi connectivity index (χ0) is 12.9. The maximum atomic E-state index is 12.2. The predicted molar refractivity (Wildman–Crippen MR) is 72.9 cm³/mol. The second-order valence-corrected chi connectivity index (χ2v) is 7.05. The summed E-state index contributed by atoms with van der Waals surface area (Å²) in [6.45, 7) is 6.71. The van der Waals surface area contributed by atoms with E-state index in [2.05, 4.69) is 31.5 Å². The highest BCUT2D eigenvalue weighted by atomic mass is 16.1.